The van der Waals surface area contributed by atoms with E-state index in [-0.39, 0.29) is 17.7 Å². The van der Waals surface area contributed by atoms with Crippen LogP contribution >= 0.6 is 0 Å². The molecular formula is C32H32N2O5. The highest BCUT2D eigenvalue weighted by molar-refractivity contribution is 5.94. The van der Waals surface area contributed by atoms with Gasteiger partial charge in [0.25, 0.3) is 0 Å². The lowest BCUT2D eigenvalue weighted by Gasteiger charge is -2.17. The Hall–Kier alpha value is -4.52. The van der Waals surface area contributed by atoms with Gasteiger partial charge < -0.3 is 24.4 Å². The summed E-state index contributed by atoms with van der Waals surface area (Å²) < 4.78 is 16.5. The molecule has 0 spiro atoms. The van der Waals surface area contributed by atoms with Crippen LogP contribution < -0.4 is 19.5 Å². The van der Waals surface area contributed by atoms with Gasteiger partial charge >= 0.3 is 0 Å². The van der Waals surface area contributed by atoms with Crippen LogP contribution in [0.1, 0.15) is 12.0 Å². The van der Waals surface area contributed by atoms with Crippen LogP contribution in [0.5, 0.6) is 17.2 Å². The number of methoxy groups -OCH3 is 3. The zero-order chi connectivity index (χ0) is 27.4. The minimum absolute atomic E-state index is 0.0369. The first-order chi connectivity index (χ1) is 19.0. The van der Waals surface area contributed by atoms with Gasteiger partial charge in [-0.15, -0.1) is 0 Å². The van der Waals surface area contributed by atoms with E-state index in [0.29, 0.717) is 43.2 Å². The highest BCUT2D eigenvalue weighted by Crippen LogP contribution is 2.41. The molecule has 39 heavy (non-hydrogen) atoms. The van der Waals surface area contributed by atoms with Crippen molar-refractivity contribution in [3.8, 4) is 28.4 Å². The van der Waals surface area contributed by atoms with Crippen molar-refractivity contribution in [2.24, 2.45) is 5.92 Å². The number of hydrogen-bond donors (Lipinski definition) is 1. The monoisotopic (exact) mass is 524 g/mol. The lowest BCUT2D eigenvalue weighted by atomic mass is 9.98. The Morgan fingerprint density at radius 2 is 1.51 bits per heavy atom. The Bertz CT molecular complexity index is 1480. The predicted molar refractivity (Wildman–Crippen MR) is 153 cm³/mol. The van der Waals surface area contributed by atoms with Crippen LogP contribution in [0.3, 0.4) is 0 Å². The first-order valence-electron chi connectivity index (χ1n) is 13.0. The van der Waals surface area contributed by atoms with Crippen LogP contribution in [0.4, 0.5) is 5.69 Å². The number of likely N-dealkylation sites (tertiary alicyclic amines) is 1. The van der Waals surface area contributed by atoms with Crippen LogP contribution in [-0.2, 0) is 16.0 Å². The minimum atomic E-state index is -0.195. The zero-order valence-electron chi connectivity index (χ0n) is 22.4. The van der Waals surface area contributed by atoms with Gasteiger partial charge in [-0.1, -0.05) is 48.5 Å². The molecule has 1 aliphatic rings. The number of carbonyl (C=O) groups excluding carboxylic acids is 2. The van der Waals surface area contributed by atoms with E-state index in [1.165, 1.54) is 0 Å². The van der Waals surface area contributed by atoms with Gasteiger partial charge in [-0.05, 0) is 64.2 Å². The van der Waals surface area contributed by atoms with E-state index in [0.717, 1.165) is 33.2 Å². The van der Waals surface area contributed by atoms with Gasteiger partial charge in [0.2, 0.25) is 17.6 Å². The van der Waals surface area contributed by atoms with Crippen LogP contribution in [0.25, 0.3) is 21.9 Å². The number of nitrogens with one attached hydrogen (secondary N) is 1. The Kier molecular flexibility index (Phi) is 7.68. The van der Waals surface area contributed by atoms with Crippen LogP contribution in [0.2, 0.25) is 0 Å². The number of anilines is 1. The van der Waals surface area contributed by atoms with E-state index in [1.54, 1.807) is 26.2 Å². The van der Waals surface area contributed by atoms with Crippen molar-refractivity contribution in [3.05, 3.63) is 84.4 Å². The summed E-state index contributed by atoms with van der Waals surface area (Å²) in [6.45, 7) is 1.04. The highest BCUT2D eigenvalue weighted by Gasteiger charge is 2.31. The molecular weight excluding hydrogens is 492 g/mol. The molecule has 1 fully saturated rings. The zero-order valence-corrected chi connectivity index (χ0v) is 22.4. The molecule has 1 atom stereocenters. The minimum Gasteiger partial charge on any atom is -0.493 e. The van der Waals surface area contributed by atoms with Gasteiger partial charge in [0, 0.05) is 18.8 Å². The van der Waals surface area contributed by atoms with Gasteiger partial charge in [-0.2, -0.15) is 0 Å². The Morgan fingerprint density at radius 3 is 2.21 bits per heavy atom. The second kappa shape index (κ2) is 11.5. The quantitative estimate of drug-likeness (QED) is 0.327. The molecule has 0 aliphatic carbocycles. The third-order valence-corrected chi connectivity index (χ3v) is 7.21. The van der Waals surface area contributed by atoms with Gasteiger partial charge in [-0.25, -0.2) is 0 Å². The van der Waals surface area contributed by atoms with Crippen LogP contribution in [0, 0.1) is 5.92 Å². The van der Waals surface area contributed by atoms with Crippen molar-refractivity contribution in [2.45, 2.75) is 12.8 Å². The standard InChI is InChI=1S/C32H32N2O5/c1-37-28-18-26(19-29(38-2)31(28)39-3)24-12-11-22-15-21(9-10-23(22)17-24)16-30(35)34-14-13-25(20-34)32(36)33-27-7-5-4-6-8-27/h4-12,15,17-19,25H,13-14,16,20H2,1-3H3,(H,33,36). The van der Waals surface area contributed by atoms with Gasteiger partial charge in [0.1, 0.15) is 0 Å². The number of fused-ring (bicyclic) bond motifs is 1. The molecule has 200 valence electrons. The van der Waals surface area contributed by atoms with E-state index >= 15 is 0 Å². The van der Waals surface area contributed by atoms with E-state index in [1.807, 2.05) is 60.7 Å². The topological polar surface area (TPSA) is 77.1 Å². The van der Waals surface area contributed by atoms with E-state index in [9.17, 15) is 9.59 Å². The van der Waals surface area contributed by atoms with Gasteiger partial charge in [0.15, 0.2) is 11.5 Å². The van der Waals surface area contributed by atoms with Crippen molar-refractivity contribution in [1.82, 2.24) is 4.90 Å². The van der Waals surface area contributed by atoms with Crippen LogP contribution in [-0.4, -0.2) is 51.1 Å². The highest BCUT2D eigenvalue weighted by atomic mass is 16.5. The molecule has 4 aromatic rings. The van der Waals surface area contributed by atoms with Crippen molar-refractivity contribution in [1.29, 1.82) is 0 Å². The summed E-state index contributed by atoms with van der Waals surface area (Å²) in [7, 11) is 4.79. The average molecular weight is 525 g/mol. The maximum atomic E-state index is 13.0. The van der Waals surface area contributed by atoms with E-state index < -0.39 is 0 Å². The Balaban J connectivity index is 1.26. The molecule has 0 saturated carbocycles. The number of nitrogens with zero attached hydrogens (tertiary/aromatic N) is 1. The third-order valence-electron chi connectivity index (χ3n) is 7.21. The molecule has 1 aliphatic heterocycles. The summed E-state index contributed by atoms with van der Waals surface area (Å²) in [4.78, 5) is 27.5. The van der Waals surface area contributed by atoms with Crippen LogP contribution in [0.15, 0.2) is 78.9 Å². The number of amides is 2. The molecule has 5 rings (SSSR count). The van der Waals surface area contributed by atoms with Gasteiger partial charge in [0.05, 0.1) is 33.7 Å². The molecule has 2 amide bonds. The molecule has 1 N–H and O–H groups in total. The predicted octanol–water partition coefficient (Wildman–Crippen LogP) is 5.56. The van der Waals surface area contributed by atoms with E-state index in [2.05, 4.69) is 23.5 Å². The normalized spacial score (nSPS) is 14.7. The number of benzene rings is 4. The van der Waals surface area contributed by atoms with Crippen molar-refractivity contribution in [2.75, 3.05) is 39.7 Å². The summed E-state index contributed by atoms with van der Waals surface area (Å²) in [5.74, 6) is 1.56. The summed E-state index contributed by atoms with van der Waals surface area (Å²) in [6.07, 6.45) is 0.976. The fourth-order valence-electron chi connectivity index (χ4n) is 5.09. The smallest absolute Gasteiger partial charge is 0.229 e. The number of carbonyl (C=O) groups is 2. The first-order valence-corrected chi connectivity index (χ1v) is 13.0. The molecule has 1 unspecified atom stereocenters. The molecule has 7 heteroatoms. The summed E-state index contributed by atoms with van der Waals surface area (Å²) in [5, 5.41) is 5.07. The van der Waals surface area contributed by atoms with Crippen molar-refractivity contribution in [3.63, 3.8) is 0 Å². The fourth-order valence-corrected chi connectivity index (χ4v) is 5.09. The van der Waals surface area contributed by atoms with Crippen molar-refractivity contribution >= 4 is 28.3 Å². The summed E-state index contributed by atoms with van der Waals surface area (Å²) >= 11 is 0. The maximum Gasteiger partial charge on any atom is 0.229 e. The van der Waals surface area contributed by atoms with Gasteiger partial charge in [-0.3, -0.25) is 9.59 Å². The number of hydrogen-bond acceptors (Lipinski definition) is 5. The second-order valence-electron chi connectivity index (χ2n) is 9.67. The average Bonchev–Trinajstić information content (AvgIpc) is 3.47. The maximum absolute atomic E-state index is 13.0. The molecule has 7 nitrogen and oxygen atoms in total. The molecule has 1 saturated heterocycles. The van der Waals surface area contributed by atoms with Crippen molar-refractivity contribution < 1.29 is 23.8 Å². The molecule has 4 aromatic carbocycles. The molecule has 0 aromatic heterocycles. The number of para-hydroxylation sites is 1. The molecule has 0 bridgehead atoms. The first kappa shape index (κ1) is 26.1. The lowest BCUT2D eigenvalue weighted by Crippen LogP contribution is -2.32. The third kappa shape index (κ3) is 5.67. The number of ether oxygens (including phenoxy) is 3. The largest absolute Gasteiger partial charge is 0.493 e. The SMILES string of the molecule is COc1cc(-c2ccc3cc(CC(=O)N4CCC(C(=O)Nc5ccccc5)C4)ccc3c2)cc(OC)c1OC. The number of rotatable bonds is 8. The Morgan fingerprint density at radius 1 is 0.821 bits per heavy atom. The summed E-state index contributed by atoms with van der Waals surface area (Å²) in [5.41, 5.74) is 3.69. The van der Waals surface area contributed by atoms with E-state index in [4.69, 9.17) is 14.2 Å². The lowest BCUT2D eigenvalue weighted by molar-refractivity contribution is -0.129. The molecule has 0 radical (unpaired) electrons. The fraction of sp³-hybridized carbons (Fsp3) is 0.250. The summed E-state index contributed by atoms with van der Waals surface area (Å²) in [6, 6.07) is 25.6. The Labute approximate surface area is 228 Å². The second-order valence-corrected chi connectivity index (χ2v) is 9.67. The molecule has 1 heterocycles.